The van der Waals surface area contributed by atoms with E-state index in [1.165, 1.54) is 21.9 Å². The first-order valence-electron chi connectivity index (χ1n) is 13.8. The molecule has 1 saturated carbocycles. The van der Waals surface area contributed by atoms with Crippen molar-refractivity contribution in [2.75, 3.05) is 19.6 Å². The van der Waals surface area contributed by atoms with Crippen LogP contribution >= 0.6 is 0 Å². The number of amides is 1. The second kappa shape index (κ2) is 11.5. The van der Waals surface area contributed by atoms with Crippen LogP contribution in [-0.4, -0.2) is 41.5 Å². The summed E-state index contributed by atoms with van der Waals surface area (Å²) in [6.07, 6.45) is 3.74. The number of carbonyl (C=O) groups is 2. The number of piperidine rings is 1. The summed E-state index contributed by atoms with van der Waals surface area (Å²) >= 11 is 0. The zero-order valence-corrected chi connectivity index (χ0v) is 21.7. The maximum absolute atomic E-state index is 13.5. The first-order chi connectivity index (χ1) is 18.0. The van der Waals surface area contributed by atoms with Gasteiger partial charge in [0.1, 0.15) is 0 Å². The van der Waals surface area contributed by atoms with Gasteiger partial charge in [0, 0.05) is 31.0 Å². The Morgan fingerprint density at radius 3 is 2.49 bits per heavy atom. The van der Waals surface area contributed by atoms with Crippen molar-refractivity contribution >= 4 is 22.6 Å². The zero-order chi connectivity index (χ0) is 25.8. The zero-order valence-electron chi connectivity index (χ0n) is 21.7. The van der Waals surface area contributed by atoms with Crippen molar-refractivity contribution in [3.63, 3.8) is 0 Å². The van der Waals surface area contributed by atoms with Crippen LogP contribution in [0.2, 0.25) is 0 Å². The molecule has 0 radical (unpaired) electrons. The minimum absolute atomic E-state index is 0.155. The van der Waals surface area contributed by atoms with Crippen LogP contribution in [0, 0.1) is 17.8 Å². The highest BCUT2D eigenvalue weighted by molar-refractivity contribution is 5.86. The molecule has 3 aromatic carbocycles. The van der Waals surface area contributed by atoms with Gasteiger partial charge in [0.25, 0.3) is 0 Å². The van der Waals surface area contributed by atoms with Gasteiger partial charge >= 0.3 is 5.97 Å². The Kier molecular flexibility index (Phi) is 7.90. The van der Waals surface area contributed by atoms with E-state index in [1.807, 2.05) is 11.0 Å². The molecular weight excluding hydrogens is 460 g/mol. The number of carboxylic acid groups (broad SMARTS) is 1. The molecule has 2 aliphatic rings. The largest absolute Gasteiger partial charge is 0.481 e. The number of nitrogens with one attached hydrogen (secondary N) is 1. The molecule has 1 aliphatic heterocycles. The molecule has 1 amide bonds. The smallest absolute Gasteiger partial charge is 0.306 e. The average Bonchev–Trinajstić information content (AvgIpc) is 2.95. The molecule has 1 saturated heterocycles. The molecule has 2 fully saturated rings. The SMILES string of the molecule is C[C@@H](NCC1CCN(C(=O)C2CCCC(C(=O)O)C2)CC1c1ccccc1)c1cccc2ccccc12. The lowest BCUT2D eigenvalue weighted by Gasteiger charge is -2.41. The van der Waals surface area contributed by atoms with E-state index in [9.17, 15) is 14.7 Å². The number of benzene rings is 3. The molecule has 194 valence electrons. The topological polar surface area (TPSA) is 69.6 Å². The second-order valence-corrected chi connectivity index (χ2v) is 10.9. The van der Waals surface area contributed by atoms with Gasteiger partial charge in [-0.25, -0.2) is 0 Å². The molecule has 37 heavy (non-hydrogen) atoms. The second-order valence-electron chi connectivity index (χ2n) is 10.9. The molecule has 1 aliphatic carbocycles. The quantitative estimate of drug-likeness (QED) is 0.418. The molecule has 5 heteroatoms. The summed E-state index contributed by atoms with van der Waals surface area (Å²) in [6, 6.07) is 25.8. The summed E-state index contributed by atoms with van der Waals surface area (Å²) < 4.78 is 0. The van der Waals surface area contributed by atoms with Gasteiger partial charge in [-0.05, 0) is 67.0 Å². The van der Waals surface area contributed by atoms with Crippen LogP contribution in [0.25, 0.3) is 10.8 Å². The molecular formula is C32H38N2O3. The Morgan fingerprint density at radius 2 is 1.68 bits per heavy atom. The lowest BCUT2D eigenvalue weighted by atomic mass is 9.78. The van der Waals surface area contributed by atoms with Crippen LogP contribution in [0.5, 0.6) is 0 Å². The Hall–Kier alpha value is -3.18. The Balaban J connectivity index is 1.29. The van der Waals surface area contributed by atoms with Gasteiger partial charge in [-0.1, -0.05) is 79.2 Å². The van der Waals surface area contributed by atoms with E-state index in [2.05, 4.69) is 79.0 Å². The summed E-state index contributed by atoms with van der Waals surface area (Å²) in [7, 11) is 0. The minimum atomic E-state index is -0.759. The molecule has 5 nitrogen and oxygen atoms in total. The number of hydrogen-bond donors (Lipinski definition) is 2. The van der Waals surface area contributed by atoms with Crippen LogP contribution in [0.15, 0.2) is 72.8 Å². The Bertz CT molecular complexity index is 1220. The van der Waals surface area contributed by atoms with Gasteiger partial charge < -0.3 is 15.3 Å². The minimum Gasteiger partial charge on any atom is -0.481 e. The summed E-state index contributed by atoms with van der Waals surface area (Å²) in [6.45, 7) is 4.56. The standard InChI is InChI=1S/C32H38N2O3/c1-22(28-16-8-12-23-11-5-6-15-29(23)28)33-20-27-17-18-34(21-30(27)24-9-3-2-4-10-24)31(35)25-13-7-14-26(19-25)32(36)37/h2-6,8-12,15-16,22,25-27,30,33H,7,13-14,17-21H2,1H3,(H,36,37)/t22-,25?,26?,27?,30?/m1/s1. The maximum atomic E-state index is 13.5. The Morgan fingerprint density at radius 1 is 0.946 bits per heavy atom. The first kappa shape index (κ1) is 25.5. The number of nitrogens with zero attached hydrogens (tertiary/aromatic N) is 1. The van der Waals surface area contributed by atoms with Crippen molar-refractivity contribution in [2.45, 2.75) is 51.0 Å². The lowest BCUT2D eigenvalue weighted by Crippen LogP contribution is -2.48. The van der Waals surface area contributed by atoms with E-state index in [1.54, 1.807) is 0 Å². The van der Waals surface area contributed by atoms with E-state index in [0.717, 1.165) is 32.4 Å². The molecule has 3 aromatic rings. The van der Waals surface area contributed by atoms with Crippen LogP contribution < -0.4 is 5.32 Å². The maximum Gasteiger partial charge on any atom is 0.306 e. The highest BCUT2D eigenvalue weighted by Gasteiger charge is 2.37. The first-order valence-corrected chi connectivity index (χ1v) is 13.8. The molecule has 0 bridgehead atoms. The Labute approximate surface area is 219 Å². The number of fused-ring (bicyclic) bond motifs is 1. The van der Waals surface area contributed by atoms with Gasteiger partial charge in [-0.2, -0.15) is 0 Å². The third kappa shape index (κ3) is 5.72. The van der Waals surface area contributed by atoms with Crippen LogP contribution in [0.4, 0.5) is 0 Å². The molecule has 0 spiro atoms. The van der Waals surface area contributed by atoms with E-state index in [0.29, 0.717) is 25.3 Å². The van der Waals surface area contributed by atoms with Crippen molar-refractivity contribution < 1.29 is 14.7 Å². The highest BCUT2D eigenvalue weighted by atomic mass is 16.4. The normalized spacial score (nSPS) is 25.1. The summed E-state index contributed by atoms with van der Waals surface area (Å²) in [5, 5.41) is 15.9. The van der Waals surface area contributed by atoms with Crippen molar-refractivity contribution in [1.29, 1.82) is 0 Å². The molecule has 0 aromatic heterocycles. The van der Waals surface area contributed by atoms with Crippen LogP contribution in [-0.2, 0) is 9.59 Å². The van der Waals surface area contributed by atoms with E-state index >= 15 is 0 Å². The van der Waals surface area contributed by atoms with Gasteiger partial charge in [0.2, 0.25) is 5.91 Å². The number of hydrogen-bond acceptors (Lipinski definition) is 3. The van der Waals surface area contributed by atoms with E-state index < -0.39 is 5.97 Å². The van der Waals surface area contributed by atoms with Crippen molar-refractivity contribution in [3.8, 4) is 0 Å². The number of carboxylic acids is 1. The predicted molar refractivity (Wildman–Crippen MR) is 147 cm³/mol. The number of carbonyl (C=O) groups excluding carboxylic acids is 1. The fourth-order valence-electron chi connectivity index (χ4n) is 6.49. The monoisotopic (exact) mass is 498 g/mol. The average molecular weight is 499 g/mol. The van der Waals surface area contributed by atoms with E-state index in [4.69, 9.17) is 0 Å². The lowest BCUT2D eigenvalue weighted by molar-refractivity contribution is -0.146. The van der Waals surface area contributed by atoms with Crippen molar-refractivity contribution in [3.05, 3.63) is 83.9 Å². The van der Waals surface area contributed by atoms with Gasteiger partial charge in [-0.3, -0.25) is 9.59 Å². The molecule has 5 atom stereocenters. The van der Waals surface area contributed by atoms with Gasteiger partial charge in [-0.15, -0.1) is 0 Å². The van der Waals surface area contributed by atoms with Crippen molar-refractivity contribution in [2.24, 2.45) is 17.8 Å². The number of likely N-dealkylation sites (tertiary alicyclic amines) is 1. The number of rotatable bonds is 7. The summed E-state index contributed by atoms with van der Waals surface area (Å²) in [5.41, 5.74) is 2.59. The molecule has 1 heterocycles. The predicted octanol–water partition coefficient (Wildman–Crippen LogP) is 6.01. The number of aliphatic carboxylic acids is 1. The summed E-state index contributed by atoms with van der Waals surface area (Å²) in [5.74, 6) is -0.476. The molecule has 4 unspecified atom stereocenters. The van der Waals surface area contributed by atoms with E-state index in [-0.39, 0.29) is 29.7 Å². The summed E-state index contributed by atoms with van der Waals surface area (Å²) in [4.78, 5) is 27.1. The molecule has 5 rings (SSSR count). The fraction of sp³-hybridized carbons (Fsp3) is 0.438. The van der Waals surface area contributed by atoms with Crippen molar-refractivity contribution in [1.82, 2.24) is 10.2 Å². The highest BCUT2D eigenvalue weighted by Crippen LogP contribution is 2.36. The fourth-order valence-corrected chi connectivity index (χ4v) is 6.49. The third-order valence-electron chi connectivity index (χ3n) is 8.64. The van der Waals surface area contributed by atoms with Crippen LogP contribution in [0.1, 0.15) is 62.1 Å². The third-order valence-corrected chi connectivity index (χ3v) is 8.64. The molecule has 2 N–H and O–H groups in total. The van der Waals surface area contributed by atoms with Crippen LogP contribution in [0.3, 0.4) is 0 Å². The van der Waals surface area contributed by atoms with Gasteiger partial charge in [0.15, 0.2) is 0 Å². The van der Waals surface area contributed by atoms with Gasteiger partial charge in [0.05, 0.1) is 5.92 Å².